The predicted molar refractivity (Wildman–Crippen MR) is 41.8 cm³/mol. The second-order valence-corrected chi connectivity index (χ2v) is 4.26. The summed E-state index contributed by atoms with van der Waals surface area (Å²) in [6.45, 7) is 3.26. The Morgan fingerprint density at radius 1 is 1.33 bits per heavy atom. The van der Waals surface area contributed by atoms with E-state index in [1.807, 2.05) is 6.92 Å². The predicted octanol–water partition coefficient (Wildman–Crippen LogP) is 3.77. The van der Waals surface area contributed by atoms with Gasteiger partial charge in [-0.05, 0) is 18.8 Å². The van der Waals surface area contributed by atoms with Crippen molar-refractivity contribution < 1.29 is 13.2 Å². The molecule has 0 aromatic heterocycles. The van der Waals surface area contributed by atoms with Gasteiger partial charge in [-0.2, -0.15) is 13.2 Å². The number of hydrogen-bond acceptors (Lipinski definition) is 0. The molecule has 0 bridgehead atoms. The molecule has 0 heterocycles. The van der Waals surface area contributed by atoms with Crippen molar-refractivity contribution in [3.63, 3.8) is 0 Å². The Balaban J connectivity index is 2.70. The first-order valence-electron chi connectivity index (χ1n) is 4.42. The van der Waals surface area contributed by atoms with Crippen LogP contribution in [0.15, 0.2) is 0 Å². The minimum Gasteiger partial charge on any atom is -0.171 e. The fourth-order valence-corrected chi connectivity index (χ4v) is 2.07. The summed E-state index contributed by atoms with van der Waals surface area (Å²) in [7, 11) is 0. The van der Waals surface area contributed by atoms with Crippen molar-refractivity contribution in [3.05, 3.63) is 0 Å². The average Bonchev–Trinajstić information content (AvgIpc) is 1.83. The number of rotatable bonds is 0. The molecule has 1 aliphatic carbocycles. The Morgan fingerprint density at radius 3 is 2.25 bits per heavy atom. The standard InChI is InChI=1S/C9H15F3/c1-7-4-3-5-8(2,6-7)9(10,11)12/h7H,3-6H2,1-2H3. The van der Waals surface area contributed by atoms with Crippen LogP contribution in [0.3, 0.4) is 0 Å². The molecular formula is C9H15F3. The Bertz CT molecular complexity index is 162. The van der Waals surface area contributed by atoms with Crippen LogP contribution in [0.25, 0.3) is 0 Å². The van der Waals surface area contributed by atoms with E-state index in [9.17, 15) is 13.2 Å². The molecule has 0 N–H and O–H groups in total. The normalized spacial score (nSPS) is 38.2. The van der Waals surface area contributed by atoms with E-state index in [-0.39, 0.29) is 5.92 Å². The van der Waals surface area contributed by atoms with Crippen LogP contribution in [-0.4, -0.2) is 6.18 Å². The quantitative estimate of drug-likeness (QED) is 0.532. The van der Waals surface area contributed by atoms with Crippen LogP contribution in [0.2, 0.25) is 0 Å². The zero-order valence-electron chi connectivity index (χ0n) is 7.54. The van der Waals surface area contributed by atoms with E-state index in [1.165, 1.54) is 6.92 Å². The molecule has 0 saturated heterocycles. The molecule has 1 fully saturated rings. The van der Waals surface area contributed by atoms with Crippen molar-refractivity contribution >= 4 is 0 Å². The van der Waals surface area contributed by atoms with Gasteiger partial charge in [-0.1, -0.05) is 26.7 Å². The van der Waals surface area contributed by atoms with Crippen molar-refractivity contribution in [2.45, 2.75) is 45.7 Å². The summed E-state index contributed by atoms with van der Waals surface area (Å²) in [6, 6.07) is 0. The smallest absolute Gasteiger partial charge is 0.171 e. The summed E-state index contributed by atoms with van der Waals surface area (Å²) >= 11 is 0. The fourth-order valence-electron chi connectivity index (χ4n) is 2.07. The van der Waals surface area contributed by atoms with Gasteiger partial charge in [-0.3, -0.25) is 0 Å². The van der Waals surface area contributed by atoms with E-state index < -0.39 is 11.6 Å². The number of alkyl halides is 3. The summed E-state index contributed by atoms with van der Waals surface area (Å²) in [5.41, 5.74) is -1.41. The zero-order chi connectivity index (χ0) is 9.41. The van der Waals surface area contributed by atoms with Crippen LogP contribution in [0.4, 0.5) is 13.2 Å². The molecule has 0 aliphatic heterocycles. The molecule has 0 radical (unpaired) electrons. The summed E-state index contributed by atoms with van der Waals surface area (Å²) in [5, 5.41) is 0. The first-order chi connectivity index (χ1) is 5.35. The highest BCUT2D eigenvalue weighted by molar-refractivity contribution is 4.87. The van der Waals surface area contributed by atoms with E-state index in [4.69, 9.17) is 0 Å². The molecule has 1 rings (SSSR count). The molecule has 0 aromatic rings. The molecular weight excluding hydrogens is 165 g/mol. The summed E-state index contributed by atoms with van der Waals surface area (Å²) in [4.78, 5) is 0. The Labute approximate surface area is 71.1 Å². The fraction of sp³-hybridized carbons (Fsp3) is 1.00. The molecule has 1 aliphatic rings. The number of halogens is 3. The van der Waals surface area contributed by atoms with Gasteiger partial charge in [0.05, 0.1) is 5.41 Å². The minimum absolute atomic E-state index is 0.227. The van der Waals surface area contributed by atoms with E-state index in [1.54, 1.807) is 0 Å². The van der Waals surface area contributed by atoms with Gasteiger partial charge in [-0.25, -0.2) is 0 Å². The topological polar surface area (TPSA) is 0 Å². The minimum atomic E-state index is -4.01. The first kappa shape index (κ1) is 9.87. The van der Waals surface area contributed by atoms with Crippen LogP contribution in [0, 0.1) is 11.3 Å². The molecule has 2 atom stereocenters. The lowest BCUT2D eigenvalue weighted by Gasteiger charge is -2.38. The van der Waals surface area contributed by atoms with Gasteiger partial charge >= 0.3 is 6.18 Å². The van der Waals surface area contributed by atoms with Crippen LogP contribution in [0.5, 0.6) is 0 Å². The van der Waals surface area contributed by atoms with Gasteiger partial charge in [0.1, 0.15) is 0 Å². The maximum absolute atomic E-state index is 12.5. The van der Waals surface area contributed by atoms with Crippen molar-refractivity contribution in [2.24, 2.45) is 11.3 Å². The lowest BCUT2D eigenvalue weighted by Crippen LogP contribution is -2.38. The third-order valence-corrected chi connectivity index (χ3v) is 2.91. The highest BCUT2D eigenvalue weighted by atomic mass is 19.4. The molecule has 3 heteroatoms. The monoisotopic (exact) mass is 180 g/mol. The van der Waals surface area contributed by atoms with Crippen molar-refractivity contribution in [2.75, 3.05) is 0 Å². The SMILES string of the molecule is CC1CCCC(C)(C(F)(F)F)C1. The van der Waals surface area contributed by atoms with Crippen LogP contribution >= 0.6 is 0 Å². The maximum Gasteiger partial charge on any atom is 0.394 e. The van der Waals surface area contributed by atoms with Crippen LogP contribution in [0.1, 0.15) is 39.5 Å². The lowest BCUT2D eigenvalue weighted by molar-refractivity contribution is -0.231. The molecule has 0 amide bonds. The molecule has 2 unspecified atom stereocenters. The summed E-state index contributed by atoms with van der Waals surface area (Å²) in [5.74, 6) is 0.227. The van der Waals surface area contributed by atoms with E-state index in [0.29, 0.717) is 12.8 Å². The zero-order valence-corrected chi connectivity index (χ0v) is 7.54. The lowest BCUT2D eigenvalue weighted by atomic mass is 9.71. The molecule has 0 spiro atoms. The second kappa shape index (κ2) is 2.93. The van der Waals surface area contributed by atoms with Gasteiger partial charge in [-0.15, -0.1) is 0 Å². The van der Waals surface area contributed by atoms with E-state index >= 15 is 0 Å². The summed E-state index contributed by atoms with van der Waals surface area (Å²) in [6.07, 6.45) is -1.73. The highest BCUT2D eigenvalue weighted by Gasteiger charge is 2.51. The van der Waals surface area contributed by atoms with Crippen molar-refractivity contribution in [3.8, 4) is 0 Å². The van der Waals surface area contributed by atoms with Crippen molar-refractivity contribution in [1.82, 2.24) is 0 Å². The van der Waals surface area contributed by atoms with E-state index in [2.05, 4.69) is 0 Å². The molecule has 72 valence electrons. The summed E-state index contributed by atoms with van der Waals surface area (Å²) < 4.78 is 37.5. The van der Waals surface area contributed by atoms with Crippen molar-refractivity contribution in [1.29, 1.82) is 0 Å². The first-order valence-corrected chi connectivity index (χ1v) is 4.42. The van der Waals surface area contributed by atoms with Gasteiger partial charge in [0.15, 0.2) is 0 Å². The third kappa shape index (κ3) is 1.75. The van der Waals surface area contributed by atoms with Gasteiger partial charge in [0.25, 0.3) is 0 Å². The Morgan fingerprint density at radius 2 is 1.92 bits per heavy atom. The maximum atomic E-state index is 12.5. The third-order valence-electron chi connectivity index (χ3n) is 2.91. The molecule has 0 nitrogen and oxygen atoms in total. The molecule has 12 heavy (non-hydrogen) atoms. The second-order valence-electron chi connectivity index (χ2n) is 4.26. The van der Waals surface area contributed by atoms with Crippen LogP contribution < -0.4 is 0 Å². The molecule has 1 saturated carbocycles. The Kier molecular flexibility index (Phi) is 2.41. The highest BCUT2D eigenvalue weighted by Crippen LogP contribution is 2.49. The van der Waals surface area contributed by atoms with Gasteiger partial charge < -0.3 is 0 Å². The Hall–Kier alpha value is -0.210. The largest absolute Gasteiger partial charge is 0.394 e. The van der Waals surface area contributed by atoms with Gasteiger partial charge in [0, 0.05) is 0 Å². The number of hydrogen-bond donors (Lipinski definition) is 0. The molecule has 0 aromatic carbocycles. The average molecular weight is 180 g/mol. The van der Waals surface area contributed by atoms with E-state index in [0.717, 1.165) is 12.8 Å². The van der Waals surface area contributed by atoms with Gasteiger partial charge in [0.2, 0.25) is 0 Å². The van der Waals surface area contributed by atoms with Crippen LogP contribution in [-0.2, 0) is 0 Å².